The highest BCUT2D eigenvalue weighted by Gasteiger charge is 2.31. The average Bonchev–Trinajstić information content (AvgIpc) is 3.70. The molecule has 0 aliphatic heterocycles. The average molecular weight is 489 g/mol. The fraction of sp³-hybridized carbons (Fsp3) is 0.286. The third kappa shape index (κ3) is 5.92. The molecule has 8 heteroatoms. The van der Waals surface area contributed by atoms with Crippen molar-refractivity contribution in [3.63, 3.8) is 0 Å². The Kier molecular flexibility index (Phi) is 7.11. The van der Waals surface area contributed by atoms with Gasteiger partial charge in [-0.25, -0.2) is 4.98 Å². The summed E-state index contributed by atoms with van der Waals surface area (Å²) in [6.45, 7) is 6.91. The lowest BCUT2D eigenvalue weighted by atomic mass is 9.97. The number of rotatable bonds is 7. The highest BCUT2D eigenvalue weighted by molar-refractivity contribution is 5.78. The molecule has 0 radical (unpaired) electrons. The second-order valence-electron chi connectivity index (χ2n) is 9.06. The molecule has 1 saturated carbocycles. The van der Waals surface area contributed by atoms with Crippen LogP contribution in [0.4, 0.5) is 8.78 Å². The molecule has 0 bridgehead atoms. The molecule has 6 nitrogen and oxygen atoms in total. The van der Waals surface area contributed by atoms with Crippen molar-refractivity contribution in [1.29, 1.82) is 0 Å². The Labute approximate surface area is 207 Å². The lowest BCUT2D eigenvalue weighted by Gasteiger charge is -2.18. The molecule has 2 aromatic heterocycles. The summed E-state index contributed by atoms with van der Waals surface area (Å²) in [6.07, 6.45) is 5.91. The van der Waals surface area contributed by atoms with Crippen molar-refractivity contribution in [2.75, 3.05) is 0 Å². The number of alkyl halides is 2. The molecular formula is C28H26F2N4O2. The molecule has 0 unspecified atom stereocenters. The minimum absolute atomic E-state index is 0.0273. The van der Waals surface area contributed by atoms with E-state index in [-0.39, 0.29) is 41.0 Å². The molecule has 1 amide bonds. The van der Waals surface area contributed by atoms with Gasteiger partial charge in [0, 0.05) is 59.1 Å². The number of nitrogens with one attached hydrogen (secondary N) is 2. The van der Waals surface area contributed by atoms with E-state index in [0.717, 1.165) is 12.8 Å². The standard InChI is InChI=1S/C28H26F2N4O2/c1-4-28(29,30)23-10-9-20(15-32-27(36)17(2)3)12-22(23)26-33-24(13-25(35)34-26)21-11-19(14-31-16-21)8-7-18-5-6-18/h4,9-14,16-18H,1,5-6,15H2,2-3H3,(H,32,36)(H,33,34,35). The van der Waals surface area contributed by atoms with E-state index in [0.29, 0.717) is 28.7 Å². The van der Waals surface area contributed by atoms with Gasteiger partial charge in [0.05, 0.1) is 5.69 Å². The van der Waals surface area contributed by atoms with Crippen LogP contribution in [-0.4, -0.2) is 20.9 Å². The Balaban J connectivity index is 1.77. The quantitative estimate of drug-likeness (QED) is 0.369. The van der Waals surface area contributed by atoms with Gasteiger partial charge in [-0.3, -0.25) is 14.6 Å². The van der Waals surface area contributed by atoms with Crippen molar-refractivity contribution >= 4 is 5.91 Å². The van der Waals surface area contributed by atoms with Crippen LogP contribution in [0.1, 0.15) is 43.4 Å². The van der Waals surface area contributed by atoms with Gasteiger partial charge in [0.2, 0.25) is 5.91 Å². The molecule has 1 aliphatic rings. The van der Waals surface area contributed by atoms with Gasteiger partial charge >= 0.3 is 0 Å². The first-order chi connectivity index (χ1) is 17.2. The molecule has 2 N–H and O–H groups in total. The maximum atomic E-state index is 14.8. The number of aromatic nitrogens is 3. The van der Waals surface area contributed by atoms with Crippen molar-refractivity contribution in [2.45, 2.75) is 39.2 Å². The van der Waals surface area contributed by atoms with E-state index in [1.807, 2.05) is 0 Å². The number of carbonyl (C=O) groups is 1. The second-order valence-corrected chi connectivity index (χ2v) is 9.06. The largest absolute Gasteiger partial charge is 0.352 e. The van der Waals surface area contributed by atoms with E-state index >= 15 is 0 Å². The third-order valence-corrected chi connectivity index (χ3v) is 5.72. The van der Waals surface area contributed by atoms with Crippen LogP contribution in [0.15, 0.2) is 60.2 Å². The summed E-state index contributed by atoms with van der Waals surface area (Å²) in [5, 5.41) is 2.77. The molecule has 1 fully saturated rings. The monoisotopic (exact) mass is 488 g/mol. The van der Waals surface area contributed by atoms with Crippen LogP contribution in [0.2, 0.25) is 0 Å². The van der Waals surface area contributed by atoms with Crippen LogP contribution in [-0.2, 0) is 17.3 Å². The van der Waals surface area contributed by atoms with E-state index < -0.39 is 11.5 Å². The summed E-state index contributed by atoms with van der Waals surface area (Å²) in [5.74, 6) is 2.88. The first-order valence-corrected chi connectivity index (χ1v) is 11.7. The molecule has 4 rings (SSSR count). The lowest BCUT2D eigenvalue weighted by Crippen LogP contribution is -2.27. The summed E-state index contributed by atoms with van der Waals surface area (Å²) in [6, 6.07) is 7.31. The number of nitrogens with zero attached hydrogens (tertiary/aromatic N) is 2. The highest BCUT2D eigenvalue weighted by Crippen LogP contribution is 2.36. The molecule has 1 aliphatic carbocycles. The van der Waals surface area contributed by atoms with Crippen LogP contribution in [0, 0.1) is 23.7 Å². The number of hydrogen-bond donors (Lipinski definition) is 2. The molecular weight excluding hydrogens is 462 g/mol. The Morgan fingerprint density at radius 3 is 2.75 bits per heavy atom. The number of amides is 1. The molecule has 0 saturated heterocycles. The highest BCUT2D eigenvalue weighted by atomic mass is 19.3. The number of pyridine rings is 1. The van der Waals surface area contributed by atoms with Gasteiger partial charge in [0.1, 0.15) is 5.82 Å². The number of hydrogen-bond acceptors (Lipinski definition) is 4. The van der Waals surface area contributed by atoms with Gasteiger partial charge in [-0.2, -0.15) is 8.78 Å². The summed E-state index contributed by atoms with van der Waals surface area (Å²) in [5.41, 5.74) is 1.26. The normalized spacial score (nSPS) is 13.1. The minimum Gasteiger partial charge on any atom is -0.352 e. The van der Waals surface area contributed by atoms with Crippen LogP contribution in [0.5, 0.6) is 0 Å². The molecule has 0 atom stereocenters. The predicted molar refractivity (Wildman–Crippen MR) is 134 cm³/mol. The second kappa shape index (κ2) is 10.2. The van der Waals surface area contributed by atoms with Gasteiger partial charge in [0.15, 0.2) is 0 Å². The first kappa shape index (κ1) is 25.0. The summed E-state index contributed by atoms with van der Waals surface area (Å²) < 4.78 is 29.6. The van der Waals surface area contributed by atoms with Crippen LogP contribution >= 0.6 is 0 Å². The zero-order valence-corrected chi connectivity index (χ0v) is 20.1. The van der Waals surface area contributed by atoms with Crippen molar-refractivity contribution in [3.8, 4) is 34.5 Å². The molecule has 36 heavy (non-hydrogen) atoms. The van der Waals surface area contributed by atoms with Crippen LogP contribution < -0.4 is 10.9 Å². The van der Waals surface area contributed by atoms with Gasteiger partial charge < -0.3 is 10.3 Å². The zero-order valence-electron chi connectivity index (χ0n) is 20.1. The molecule has 1 aromatic carbocycles. The lowest BCUT2D eigenvalue weighted by molar-refractivity contribution is -0.124. The number of H-pyrrole nitrogens is 1. The van der Waals surface area contributed by atoms with E-state index in [4.69, 9.17) is 0 Å². The van der Waals surface area contributed by atoms with E-state index in [9.17, 15) is 18.4 Å². The van der Waals surface area contributed by atoms with Gasteiger partial charge in [-0.15, -0.1) is 0 Å². The fourth-order valence-corrected chi connectivity index (χ4v) is 3.49. The Morgan fingerprint density at radius 2 is 2.06 bits per heavy atom. The number of halogens is 2. The zero-order chi connectivity index (χ0) is 25.9. The van der Waals surface area contributed by atoms with E-state index in [1.165, 1.54) is 24.3 Å². The number of allylic oxidation sites excluding steroid dienone is 1. The summed E-state index contributed by atoms with van der Waals surface area (Å²) >= 11 is 0. The molecule has 0 spiro atoms. The Morgan fingerprint density at radius 1 is 1.28 bits per heavy atom. The minimum atomic E-state index is -3.37. The maximum absolute atomic E-state index is 14.8. The first-order valence-electron chi connectivity index (χ1n) is 11.7. The van der Waals surface area contributed by atoms with Gasteiger partial charge in [-0.1, -0.05) is 44.4 Å². The van der Waals surface area contributed by atoms with Gasteiger partial charge in [0.25, 0.3) is 11.5 Å². The van der Waals surface area contributed by atoms with Crippen molar-refractivity contribution < 1.29 is 13.6 Å². The third-order valence-electron chi connectivity index (χ3n) is 5.72. The SMILES string of the molecule is C=CC(F)(F)c1ccc(CNC(=O)C(C)C)cc1-c1nc(-c2cncc(C#CC3CC3)c2)cc(=O)[nH]1. The fourth-order valence-electron chi connectivity index (χ4n) is 3.49. The van der Waals surface area contributed by atoms with E-state index in [2.05, 4.69) is 38.7 Å². The van der Waals surface area contributed by atoms with Crippen LogP contribution in [0.3, 0.4) is 0 Å². The van der Waals surface area contributed by atoms with Crippen molar-refractivity contribution in [3.05, 3.63) is 82.4 Å². The van der Waals surface area contributed by atoms with Crippen LogP contribution in [0.25, 0.3) is 22.6 Å². The Bertz CT molecular complexity index is 1430. The van der Waals surface area contributed by atoms with Crippen molar-refractivity contribution in [2.24, 2.45) is 11.8 Å². The summed E-state index contributed by atoms with van der Waals surface area (Å²) in [7, 11) is 0. The smallest absolute Gasteiger partial charge is 0.292 e. The number of carbonyl (C=O) groups excluding carboxylic acids is 1. The van der Waals surface area contributed by atoms with E-state index in [1.54, 1.807) is 32.3 Å². The molecule has 2 heterocycles. The maximum Gasteiger partial charge on any atom is 0.292 e. The van der Waals surface area contributed by atoms with Crippen molar-refractivity contribution in [1.82, 2.24) is 20.3 Å². The number of aromatic amines is 1. The summed E-state index contributed by atoms with van der Waals surface area (Å²) in [4.78, 5) is 35.8. The Hall–Kier alpha value is -4.12. The number of benzene rings is 1. The molecule has 3 aromatic rings. The molecule has 184 valence electrons. The predicted octanol–water partition coefficient (Wildman–Crippen LogP) is 4.81. The van der Waals surface area contributed by atoms with Gasteiger partial charge in [-0.05, 0) is 36.6 Å². The topological polar surface area (TPSA) is 87.7 Å².